The Morgan fingerprint density at radius 2 is 1.88 bits per heavy atom. The Bertz CT molecular complexity index is 1180. The molecule has 1 unspecified atom stereocenters. The molecule has 220 valence electrons. The molecular weight excluding hydrogens is 559 g/mol. The summed E-state index contributed by atoms with van der Waals surface area (Å²) in [4.78, 5) is 14.6. The number of thiazole rings is 1. The average molecular weight is 605 g/mol. The molecule has 1 atom stereocenters. The lowest BCUT2D eigenvalue weighted by molar-refractivity contribution is 0.272. The summed E-state index contributed by atoms with van der Waals surface area (Å²) in [6, 6.07) is 9.19. The molecule has 0 bridgehead atoms. The number of halogens is 1. The van der Waals surface area contributed by atoms with Crippen molar-refractivity contribution >= 4 is 47.2 Å². The van der Waals surface area contributed by atoms with Crippen molar-refractivity contribution in [3.8, 4) is 0 Å². The molecule has 0 spiro atoms. The van der Waals surface area contributed by atoms with Crippen LogP contribution in [0.15, 0.2) is 45.7 Å². The molecule has 2 heterocycles. The maximum Gasteiger partial charge on any atom is 0.143 e. The smallest absolute Gasteiger partial charge is 0.143 e. The first kappa shape index (κ1) is 31.2. The topological polar surface area (TPSA) is 72.9 Å². The third-order valence-electron chi connectivity index (χ3n) is 7.67. The van der Waals surface area contributed by atoms with Crippen molar-refractivity contribution in [3.05, 3.63) is 51.5 Å². The van der Waals surface area contributed by atoms with Gasteiger partial charge in [0.05, 0.1) is 17.9 Å². The van der Waals surface area contributed by atoms with Crippen LogP contribution in [0.25, 0.3) is 0 Å². The van der Waals surface area contributed by atoms with Gasteiger partial charge in [0.1, 0.15) is 16.9 Å². The van der Waals surface area contributed by atoms with E-state index in [0.717, 1.165) is 67.5 Å². The van der Waals surface area contributed by atoms with Crippen molar-refractivity contribution in [1.29, 1.82) is 0 Å². The molecule has 10 heteroatoms. The first-order chi connectivity index (χ1) is 19.2. The van der Waals surface area contributed by atoms with Gasteiger partial charge in [-0.15, -0.1) is 11.3 Å². The normalized spacial score (nSPS) is 19.2. The maximum atomic E-state index is 12.0. The second kappa shape index (κ2) is 15.0. The Labute approximate surface area is 249 Å². The highest BCUT2D eigenvalue weighted by atomic mass is 35.5. The van der Waals surface area contributed by atoms with E-state index in [1.807, 2.05) is 33.3 Å². The van der Waals surface area contributed by atoms with Gasteiger partial charge in [0.2, 0.25) is 0 Å². The zero-order valence-corrected chi connectivity index (χ0v) is 27.0. The summed E-state index contributed by atoms with van der Waals surface area (Å²) < 4.78 is 12.0. The molecular formula is C30H46ClN6OPS. The minimum Gasteiger partial charge on any atom is -0.369 e. The molecule has 2 aromatic rings. The quantitative estimate of drug-likeness (QED) is 0.207. The molecule has 2 aliphatic rings. The number of benzene rings is 1. The second-order valence-corrected chi connectivity index (χ2v) is 16.3. The number of hydrogen-bond donors (Lipinski definition) is 2. The van der Waals surface area contributed by atoms with Gasteiger partial charge in [0.25, 0.3) is 0 Å². The number of nitrogens with one attached hydrogen (secondary N) is 2. The Morgan fingerprint density at radius 1 is 1.18 bits per heavy atom. The number of hydrogen-bond acceptors (Lipinski definition) is 8. The van der Waals surface area contributed by atoms with Crippen LogP contribution >= 0.6 is 30.1 Å². The van der Waals surface area contributed by atoms with Gasteiger partial charge in [0.15, 0.2) is 0 Å². The van der Waals surface area contributed by atoms with Gasteiger partial charge in [-0.2, -0.15) is 0 Å². The van der Waals surface area contributed by atoms with E-state index in [1.165, 1.54) is 37.8 Å². The van der Waals surface area contributed by atoms with E-state index in [9.17, 15) is 4.57 Å². The van der Waals surface area contributed by atoms with Crippen LogP contribution in [0.1, 0.15) is 56.7 Å². The van der Waals surface area contributed by atoms with Crippen LogP contribution in [0.3, 0.4) is 0 Å². The Hall–Kier alpha value is -1.70. The van der Waals surface area contributed by atoms with E-state index in [2.05, 4.69) is 50.1 Å². The van der Waals surface area contributed by atoms with Crippen LogP contribution in [0.2, 0.25) is 0 Å². The minimum atomic E-state index is -1.95. The molecule has 2 N–H and O–H groups in total. The molecule has 7 nitrogen and oxygen atoms in total. The maximum absolute atomic E-state index is 12.0. The molecule has 1 aliphatic heterocycles. The summed E-state index contributed by atoms with van der Waals surface area (Å²) in [5, 5.41) is 10.8. The number of piperazine rings is 1. The Morgan fingerprint density at radius 3 is 2.52 bits per heavy atom. The van der Waals surface area contributed by atoms with Crippen molar-refractivity contribution in [3.63, 3.8) is 0 Å². The fraction of sp³-hybridized carbons (Fsp3) is 0.600. The predicted octanol–water partition coefficient (Wildman–Crippen LogP) is 6.70. The fourth-order valence-electron chi connectivity index (χ4n) is 5.26. The first-order valence-corrected chi connectivity index (χ1v) is 18.7. The van der Waals surface area contributed by atoms with E-state index in [4.69, 9.17) is 21.6 Å². The van der Waals surface area contributed by atoms with Crippen LogP contribution in [0, 0.1) is 0 Å². The number of rotatable bonds is 12. The second-order valence-electron chi connectivity index (χ2n) is 11.5. The summed E-state index contributed by atoms with van der Waals surface area (Å²) in [5.74, 6) is 0. The van der Waals surface area contributed by atoms with Gasteiger partial charge in [-0.25, -0.2) is 4.98 Å². The molecule has 0 amide bonds. The van der Waals surface area contributed by atoms with E-state index in [0.29, 0.717) is 11.1 Å². The van der Waals surface area contributed by atoms with E-state index >= 15 is 0 Å². The highest BCUT2D eigenvalue weighted by Gasteiger charge is 2.20. The monoisotopic (exact) mass is 604 g/mol. The number of anilines is 2. The lowest BCUT2D eigenvalue weighted by atomic mass is 9.95. The summed E-state index contributed by atoms with van der Waals surface area (Å²) in [6.45, 7) is 13.4. The zero-order valence-electron chi connectivity index (χ0n) is 24.5. The third kappa shape index (κ3) is 9.70. The molecule has 1 aromatic heterocycles. The van der Waals surface area contributed by atoms with E-state index in [-0.39, 0.29) is 6.17 Å². The number of allylic oxidation sites excluding steroid dienone is 2. The third-order valence-corrected chi connectivity index (χ3v) is 10.2. The molecule has 1 aromatic carbocycles. The van der Waals surface area contributed by atoms with Crippen molar-refractivity contribution < 1.29 is 4.57 Å². The van der Waals surface area contributed by atoms with E-state index < -0.39 is 7.14 Å². The molecule has 1 aliphatic carbocycles. The molecule has 4 rings (SSSR count). The zero-order chi connectivity index (χ0) is 28.5. The molecule has 0 radical (unpaired) electrons. The lowest BCUT2D eigenvalue weighted by Crippen LogP contribution is -2.47. The lowest BCUT2D eigenvalue weighted by Gasteiger charge is -2.36. The van der Waals surface area contributed by atoms with Gasteiger partial charge in [-0.3, -0.25) is 9.89 Å². The van der Waals surface area contributed by atoms with Crippen molar-refractivity contribution in [1.82, 2.24) is 15.2 Å². The van der Waals surface area contributed by atoms with Crippen molar-refractivity contribution in [2.24, 2.45) is 4.99 Å². The summed E-state index contributed by atoms with van der Waals surface area (Å²) >= 11 is 8.21. The number of aromatic nitrogens is 1. The summed E-state index contributed by atoms with van der Waals surface area (Å²) in [5.41, 5.74) is 4.03. The highest BCUT2D eigenvalue weighted by Crippen LogP contribution is 2.35. The Kier molecular flexibility index (Phi) is 11.7. The van der Waals surface area contributed by atoms with Crippen LogP contribution in [0.4, 0.5) is 11.4 Å². The summed E-state index contributed by atoms with van der Waals surface area (Å²) in [6.07, 6.45) is 9.04. The average Bonchev–Trinajstić information content (AvgIpc) is 3.43. The van der Waals surface area contributed by atoms with E-state index in [1.54, 1.807) is 11.3 Å². The van der Waals surface area contributed by atoms with Gasteiger partial charge in [-0.05, 0) is 64.3 Å². The number of aliphatic imine (C=N–C) groups is 1. The van der Waals surface area contributed by atoms with Crippen LogP contribution < -0.4 is 15.5 Å². The first-order valence-electron chi connectivity index (χ1n) is 14.7. The molecule has 1 saturated carbocycles. The largest absolute Gasteiger partial charge is 0.369 e. The van der Waals surface area contributed by atoms with Gasteiger partial charge in [0, 0.05) is 68.2 Å². The molecule has 1 saturated heterocycles. The fourth-order valence-corrected chi connectivity index (χ4v) is 7.04. The van der Waals surface area contributed by atoms with Gasteiger partial charge >= 0.3 is 0 Å². The summed E-state index contributed by atoms with van der Waals surface area (Å²) in [7, 11) is -1.95. The van der Waals surface area contributed by atoms with Gasteiger partial charge in [-0.1, -0.05) is 36.9 Å². The predicted molar refractivity (Wildman–Crippen MR) is 174 cm³/mol. The van der Waals surface area contributed by atoms with Gasteiger partial charge < -0.3 is 20.1 Å². The van der Waals surface area contributed by atoms with Crippen molar-refractivity contribution in [2.75, 3.05) is 62.4 Å². The standard InChI is InChI=1S/C30H46ClN6OPS/c1-5-28(31)29(30-35-26(22-40-30)21-32-24-9-7-6-8-10-24)34-23(2)33-25-11-13-27(14-12-25)37-17-15-36(16-18-37)19-20-39(3,4)38/h5,11-14,22-24,32-33H,6-10,15-21H2,1-4H3/b28-5+,34-29?. The number of nitrogens with zero attached hydrogens (tertiary/aromatic N) is 4. The van der Waals surface area contributed by atoms with Crippen LogP contribution in [0.5, 0.6) is 0 Å². The van der Waals surface area contributed by atoms with Crippen LogP contribution in [-0.4, -0.2) is 80.0 Å². The molecule has 2 fully saturated rings. The minimum absolute atomic E-state index is 0.168. The van der Waals surface area contributed by atoms with Crippen LogP contribution in [-0.2, 0) is 11.1 Å². The highest BCUT2D eigenvalue weighted by molar-refractivity contribution is 7.62. The SMILES string of the molecule is C/C=C(/Cl)C(=NC(C)Nc1ccc(N2CCN(CCP(C)(C)=O)CC2)cc1)c1nc(CNC2CCCCC2)cs1. The Balaban J connectivity index is 1.32. The van der Waals surface area contributed by atoms with Crippen molar-refractivity contribution in [2.45, 2.75) is 64.7 Å². The molecule has 40 heavy (non-hydrogen) atoms.